The third kappa shape index (κ3) is 1.69. The largest absolute Gasteiger partial charge is 0.367 e. The molecule has 4 nitrogen and oxygen atoms in total. The molecule has 2 aliphatic rings. The first kappa shape index (κ1) is 9.09. The van der Waals surface area contributed by atoms with E-state index in [9.17, 15) is 0 Å². The van der Waals surface area contributed by atoms with Crippen LogP contribution >= 0.6 is 0 Å². The molecule has 80 valence electrons. The van der Waals surface area contributed by atoms with Crippen LogP contribution in [0.25, 0.3) is 0 Å². The maximum Gasteiger partial charge on any atom is 0.129 e. The van der Waals surface area contributed by atoms with Gasteiger partial charge in [-0.05, 0) is 37.3 Å². The monoisotopic (exact) mass is 204 g/mol. The Balaban J connectivity index is 1.56. The zero-order chi connectivity index (χ0) is 10.1. The highest BCUT2D eigenvalue weighted by Gasteiger charge is 2.45. The smallest absolute Gasteiger partial charge is 0.129 e. The maximum atomic E-state index is 4.18. The highest BCUT2D eigenvalue weighted by molar-refractivity contribution is 5.34. The summed E-state index contributed by atoms with van der Waals surface area (Å²) in [6.07, 6.45) is 7.28. The van der Waals surface area contributed by atoms with Gasteiger partial charge in [0.25, 0.3) is 0 Å². The summed E-state index contributed by atoms with van der Waals surface area (Å²) in [7, 11) is 0. The van der Waals surface area contributed by atoms with Crippen molar-refractivity contribution in [2.24, 2.45) is 5.41 Å². The van der Waals surface area contributed by atoms with E-state index in [1.807, 2.05) is 6.07 Å². The Morgan fingerprint density at radius 1 is 1.47 bits per heavy atom. The van der Waals surface area contributed by atoms with E-state index in [-0.39, 0.29) is 0 Å². The number of hydrogen-bond acceptors (Lipinski definition) is 4. The summed E-state index contributed by atoms with van der Waals surface area (Å²) in [5, 5.41) is 6.90. The van der Waals surface area contributed by atoms with Crippen molar-refractivity contribution < 1.29 is 0 Å². The van der Waals surface area contributed by atoms with E-state index in [1.54, 1.807) is 12.5 Å². The molecule has 0 unspecified atom stereocenters. The second-order valence-electron chi connectivity index (χ2n) is 4.77. The van der Waals surface area contributed by atoms with Gasteiger partial charge in [-0.1, -0.05) is 0 Å². The van der Waals surface area contributed by atoms with Crippen LogP contribution in [0.1, 0.15) is 19.3 Å². The van der Waals surface area contributed by atoms with Crippen LogP contribution in [0, 0.1) is 5.41 Å². The molecular weight excluding hydrogens is 188 g/mol. The molecule has 1 aliphatic carbocycles. The molecule has 1 aromatic rings. The van der Waals surface area contributed by atoms with E-state index in [2.05, 4.69) is 20.6 Å². The van der Waals surface area contributed by atoms with Gasteiger partial charge in [0.15, 0.2) is 0 Å². The fourth-order valence-corrected chi connectivity index (χ4v) is 2.82. The average molecular weight is 204 g/mol. The molecule has 0 amide bonds. The lowest BCUT2D eigenvalue weighted by molar-refractivity contribution is 0.141. The molecule has 0 bridgehead atoms. The van der Waals surface area contributed by atoms with Crippen LogP contribution in [0.4, 0.5) is 5.82 Å². The number of rotatable bonds is 2. The van der Waals surface area contributed by atoms with Crippen molar-refractivity contribution in [2.45, 2.75) is 25.3 Å². The quantitative estimate of drug-likeness (QED) is 0.755. The highest BCUT2D eigenvalue weighted by Crippen LogP contribution is 2.46. The van der Waals surface area contributed by atoms with Crippen molar-refractivity contribution in [1.82, 2.24) is 15.3 Å². The lowest BCUT2D eigenvalue weighted by Crippen LogP contribution is -2.46. The minimum absolute atomic E-state index is 0.602. The summed E-state index contributed by atoms with van der Waals surface area (Å²) in [5.74, 6) is 0.954. The summed E-state index contributed by atoms with van der Waals surface area (Å²) in [6, 6.07) is 2.54. The van der Waals surface area contributed by atoms with Crippen molar-refractivity contribution in [3.05, 3.63) is 18.6 Å². The topological polar surface area (TPSA) is 49.8 Å². The Bertz CT molecular complexity index is 324. The molecule has 2 heterocycles. The van der Waals surface area contributed by atoms with E-state index in [4.69, 9.17) is 0 Å². The molecule has 2 N–H and O–H groups in total. The zero-order valence-corrected chi connectivity index (χ0v) is 8.74. The molecule has 0 aromatic carbocycles. The SMILES string of the molecule is c1cc(NC2CC3(CCNC3)C2)ncn1. The third-order valence-corrected chi connectivity index (χ3v) is 3.62. The number of nitrogens with one attached hydrogen (secondary N) is 2. The predicted octanol–water partition coefficient (Wildman–Crippen LogP) is 1.03. The van der Waals surface area contributed by atoms with Crippen LogP contribution in [0.3, 0.4) is 0 Å². The second-order valence-corrected chi connectivity index (χ2v) is 4.77. The molecule has 1 spiro atoms. The van der Waals surface area contributed by atoms with E-state index >= 15 is 0 Å². The first-order chi connectivity index (χ1) is 7.36. The molecule has 15 heavy (non-hydrogen) atoms. The number of aromatic nitrogens is 2. The summed E-state index contributed by atoms with van der Waals surface area (Å²) in [5.41, 5.74) is 0.602. The number of anilines is 1. The Morgan fingerprint density at radius 3 is 3.07 bits per heavy atom. The van der Waals surface area contributed by atoms with Crippen molar-refractivity contribution in [1.29, 1.82) is 0 Å². The van der Waals surface area contributed by atoms with Crippen molar-refractivity contribution >= 4 is 5.82 Å². The van der Waals surface area contributed by atoms with E-state index in [0.29, 0.717) is 11.5 Å². The van der Waals surface area contributed by atoms with Crippen LogP contribution in [0.5, 0.6) is 0 Å². The molecule has 1 saturated carbocycles. The Hall–Kier alpha value is -1.16. The molecule has 0 atom stereocenters. The van der Waals surface area contributed by atoms with E-state index < -0.39 is 0 Å². The molecule has 1 saturated heterocycles. The summed E-state index contributed by atoms with van der Waals surface area (Å²) in [6.45, 7) is 2.40. The fourth-order valence-electron chi connectivity index (χ4n) is 2.82. The summed E-state index contributed by atoms with van der Waals surface area (Å²) < 4.78 is 0. The van der Waals surface area contributed by atoms with Gasteiger partial charge in [0.1, 0.15) is 12.1 Å². The molecule has 1 aromatic heterocycles. The number of hydrogen-bond donors (Lipinski definition) is 2. The van der Waals surface area contributed by atoms with Crippen molar-refractivity contribution in [3.8, 4) is 0 Å². The van der Waals surface area contributed by atoms with Gasteiger partial charge < -0.3 is 10.6 Å². The first-order valence-corrected chi connectivity index (χ1v) is 5.60. The van der Waals surface area contributed by atoms with E-state index in [1.165, 1.54) is 32.4 Å². The van der Waals surface area contributed by atoms with Gasteiger partial charge in [-0.25, -0.2) is 9.97 Å². The van der Waals surface area contributed by atoms with Gasteiger partial charge in [-0.15, -0.1) is 0 Å². The van der Waals surface area contributed by atoms with Gasteiger partial charge in [0, 0.05) is 18.8 Å². The number of nitrogens with zero attached hydrogens (tertiary/aromatic N) is 2. The van der Waals surface area contributed by atoms with Gasteiger partial charge >= 0.3 is 0 Å². The average Bonchev–Trinajstić information content (AvgIpc) is 2.68. The van der Waals surface area contributed by atoms with Gasteiger partial charge in [0.2, 0.25) is 0 Å². The second kappa shape index (κ2) is 3.45. The minimum Gasteiger partial charge on any atom is -0.367 e. The normalized spacial score (nSPS) is 34.0. The summed E-state index contributed by atoms with van der Waals surface area (Å²) in [4.78, 5) is 8.08. The predicted molar refractivity (Wildman–Crippen MR) is 58.6 cm³/mol. The maximum absolute atomic E-state index is 4.18. The van der Waals surface area contributed by atoms with Crippen molar-refractivity contribution in [3.63, 3.8) is 0 Å². The Kier molecular flexibility index (Phi) is 2.09. The third-order valence-electron chi connectivity index (χ3n) is 3.62. The van der Waals surface area contributed by atoms with Crippen LogP contribution in [0.15, 0.2) is 18.6 Å². The highest BCUT2D eigenvalue weighted by atomic mass is 15.1. The Morgan fingerprint density at radius 2 is 2.40 bits per heavy atom. The standard InChI is InChI=1S/C11H16N4/c1-3-13-8-14-10(1)15-9-5-11(6-9)2-4-12-7-11/h1,3,8-9,12H,2,4-7H2,(H,13,14,15). The minimum atomic E-state index is 0.602. The Labute approximate surface area is 89.5 Å². The molecule has 3 rings (SSSR count). The molecule has 2 fully saturated rings. The molecular formula is C11H16N4. The van der Waals surface area contributed by atoms with Gasteiger partial charge in [-0.3, -0.25) is 0 Å². The van der Waals surface area contributed by atoms with E-state index in [0.717, 1.165) is 5.82 Å². The van der Waals surface area contributed by atoms with Crippen LogP contribution in [-0.2, 0) is 0 Å². The molecule has 0 radical (unpaired) electrons. The van der Waals surface area contributed by atoms with Crippen molar-refractivity contribution in [2.75, 3.05) is 18.4 Å². The molecule has 1 aliphatic heterocycles. The van der Waals surface area contributed by atoms with Crippen LogP contribution < -0.4 is 10.6 Å². The van der Waals surface area contributed by atoms with Gasteiger partial charge in [0.05, 0.1) is 0 Å². The summed E-state index contributed by atoms with van der Waals surface area (Å²) >= 11 is 0. The fraction of sp³-hybridized carbons (Fsp3) is 0.636. The lowest BCUT2D eigenvalue weighted by atomic mass is 9.65. The van der Waals surface area contributed by atoms with Gasteiger partial charge in [-0.2, -0.15) is 0 Å². The lowest BCUT2D eigenvalue weighted by Gasteiger charge is -2.45. The zero-order valence-electron chi connectivity index (χ0n) is 8.74. The van der Waals surface area contributed by atoms with Crippen LogP contribution in [0.2, 0.25) is 0 Å². The van der Waals surface area contributed by atoms with Crippen LogP contribution in [-0.4, -0.2) is 29.1 Å². The first-order valence-electron chi connectivity index (χ1n) is 5.60. The molecule has 4 heteroatoms.